The normalized spacial score (nSPS) is 12.2. The molecule has 1 nitrogen and oxygen atoms in total. The molecule has 0 radical (unpaired) electrons. The van der Waals surface area contributed by atoms with E-state index in [1.165, 1.54) is 0 Å². The van der Waals surface area contributed by atoms with Crippen molar-refractivity contribution < 1.29 is 18.0 Å². The monoisotopic (exact) mass is 344 g/mol. The molecule has 130 valence electrons. The standard InChI is InChI=1S/C21H19F3O/c1-16-7-12-19(13-8-16)20(25)14-11-18(15-21(22,23)24)10-9-17-5-3-2-4-6-17/h2-8,12-13,18H,11,14-15H2,1H3. The van der Waals surface area contributed by atoms with E-state index in [1.807, 2.05) is 25.1 Å². The van der Waals surface area contributed by atoms with Crippen LogP contribution in [0.3, 0.4) is 0 Å². The van der Waals surface area contributed by atoms with Gasteiger partial charge in [-0.3, -0.25) is 4.79 Å². The number of benzene rings is 2. The van der Waals surface area contributed by atoms with Gasteiger partial charge in [-0.1, -0.05) is 59.9 Å². The van der Waals surface area contributed by atoms with Crippen LogP contribution in [0.2, 0.25) is 0 Å². The molecule has 0 aliphatic rings. The van der Waals surface area contributed by atoms with E-state index in [0.717, 1.165) is 5.56 Å². The molecule has 25 heavy (non-hydrogen) atoms. The lowest BCUT2D eigenvalue weighted by molar-refractivity contribution is -0.140. The van der Waals surface area contributed by atoms with Crippen LogP contribution >= 0.6 is 0 Å². The van der Waals surface area contributed by atoms with E-state index >= 15 is 0 Å². The van der Waals surface area contributed by atoms with E-state index in [1.54, 1.807) is 36.4 Å². The Hall–Kier alpha value is -2.54. The van der Waals surface area contributed by atoms with E-state index in [2.05, 4.69) is 11.8 Å². The van der Waals surface area contributed by atoms with E-state index in [4.69, 9.17) is 0 Å². The van der Waals surface area contributed by atoms with Gasteiger partial charge < -0.3 is 0 Å². The van der Waals surface area contributed by atoms with Crippen molar-refractivity contribution >= 4 is 5.78 Å². The summed E-state index contributed by atoms with van der Waals surface area (Å²) in [6.07, 6.45) is -5.17. The fourth-order valence-electron chi connectivity index (χ4n) is 2.40. The van der Waals surface area contributed by atoms with Crippen molar-refractivity contribution in [1.82, 2.24) is 0 Å². The van der Waals surface area contributed by atoms with E-state index in [9.17, 15) is 18.0 Å². The van der Waals surface area contributed by atoms with Gasteiger partial charge in [0.2, 0.25) is 0 Å². The minimum atomic E-state index is -4.30. The number of rotatable bonds is 5. The van der Waals surface area contributed by atoms with Gasteiger partial charge >= 0.3 is 6.18 Å². The van der Waals surface area contributed by atoms with Gasteiger partial charge in [-0.15, -0.1) is 0 Å². The van der Waals surface area contributed by atoms with Crippen molar-refractivity contribution in [3.8, 4) is 11.8 Å². The molecule has 0 N–H and O–H groups in total. The first-order valence-electron chi connectivity index (χ1n) is 8.07. The van der Waals surface area contributed by atoms with Gasteiger partial charge in [0.15, 0.2) is 5.78 Å². The largest absolute Gasteiger partial charge is 0.390 e. The lowest BCUT2D eigenvalue weighted by Crippen LogP contribution is -2.15. The molecule has 2 aromatic carbocycles. The summed E-state index contributed by atoms with van der Waals surface area (Å²) < 4.78 is 38.3. The average Bonchev–Trinajstić information content (AvgIpc) is 2.57. The van der Waals surface area contributed by atoms with Crippen molar-refractivity contribution in [3.05, 3.63) is 71.3 Å². The van der Waals surface area contributed by atoms with Gasteiger partial charge in [-0.25, -0.2) is 0 Å². The highest BCUT2D eigenvalue weighted by atomic mass is 19.4. The van der Waals surface area contributed by atoms with E-state index in [-0.39, 0.29) is 18.6 Å². The number of aryl methyl sites for hydroxylation is 1. The van der Waals surface area contributed by atoms with Crippen LogP contribution in [-0.4, -0.2) is 12.0 Å². The summed E-state index contributed by atoms with van der Waals surface area (Å²) in [5.41, 5.74) is 2.21. The number of ketones is 1. The van der Waals surface area contributed by atoms with Crippen LogP contribution in [0.15, 0.2) is 54.6 Å². The lowest BCUT2D eigenvalue weighted by Gasteiger charge is -2.13. The van der Waals surface area contributed by atoms with E-state index in [0.29, 0.717) is 11.1 Å². The molecule has 2 rings (SSSR count). The summed E-state index contributed by atoms with van der Waals surface area (Å²) in [6.45, 7) is 1.91. The molecule has 2 aromatic rings. The number of halogens is 3. The minimum Gasteiger partial charge on any atom is -0.294 e. The number of Topliss-reactive ketones (excluding diaryl/α,β-unsaturated/α-hetero) is 1. The molecule has 0 spiro atoms. The zero-order valence-corrected chi connectivity index (χ0v) is 13.9. The van der Waals surface area contributed by atoms with Gasteiger partial charge in [0, 0.05) is 23.5 Å². The molecule has 0 heterocycles. The summed E-state index contributed by atoms with van der Waals surface area (Å²) in [5, 5.41) is 0. The summed E-state index contributed by atoms with van der Waals surface area (Å²) in [4.78, 5) is 12.2. The van der Waals surface area contributed by atoms with Crippen LogP contribution < -0.4 is 0 Å². The van der Waals surface area contributed by atoms with Gasteiger partial charge in [0.25, 0.3) is 0 Å². The highest BCUT2D eigenvalue weighted by Crippen LogP contribution is 2.27. The fourth-order valence-corrected chi connectivity index (χ4v) is 2.40. The summed E-state index contributed by atoms with van der Waals surface area (Å²) in [7, 11) is 0. The molecule has 0 bridgehead atoms. The maximum atomic E-state index is 12.8. The number of hydrogen-bond donors (Lipinski definition) is 0. The first-order valence-corrected chi connectivity index (χ1v) is 8.07. The highest BCUT2D eigenvalue weighted by Gasteiger charge is 2.31. The molecule has 0 amide bonds. The molecule has 4 heteroatoms. The SMILES string of the molecule is Cc1ccc(C(=O)CCC(C#Cc2ccccc2)CC(F)(F)F)cc1. The molecule has 0 aliphatic carbocycles. The van der Waals surface area contributed by atoms with Gasteiger partial charge in [0.05, 0.1) is 6.42 Å². The highest BCUT2D eigenvalue weighted by molar-refractivity contribution is 5.96. The fraction of sp³-hybridized carbons (Fsp3) is 0.286. The zero-order valence-electron chi connectivity index (χ0n) is 13.9. The second-order valence-electron chi connectivity index (χ2n) is 5.98. The Morgan fingerprint density at radius 3 is 2.28 bits per heavy atom. The van der Waals surface area contributed by atoms with Gasteiger partial charge in [-0.2, -0.15) is 13.2 Å². The third-order valence-corrected chi connectivity index (χ3v) is 3.77. The maximum Gasteiger partial charge on any atom is 0.390 e. The Morgan fingerprint density at radius 2 is 1.68 bits per heavy atom. The van der Waals surface area contributed by atoms with Crippen molar-refractivity contribution in [2.24, 2.45) is 5.92 Å². The molecular formula is C21H19F3O. The van der Waals surface area contributed by atoms with Crippen molar-refractivity contribution in [2.45, 2.75) is 32.4 Å². The van der Waals surface area contributed by atoms with Crippen LogP contribution in [0.25, 0.3) is 0 Å². The quantitative estimate of drug-likeness (QED) is 0.511. The van der Waals surface area contributed by atoms with Crippen molar-refractivity contribution in [2.75, 3.05) is 0 Å². The third-order valence-electron chi connectivity index (χ3n) is 3.77. The summed E-state index contributed by atoms with van der Waals surface area (Å²) >= 11 is 0. The number of hydrogen-bond acceptors (Lipinski definition) is 1. The Labute approximate surface area is 145 Å². The summed E-state index contributed by atoms with van der Waals surface area (Å²) in [6, 6.07) is 15.9. The van der Waals surface area contributed by atoms with Crippen LogP contribution in [0.1, 0.15) is 40.7 Å². The predicted octanol–water partition coefficient (Wildman–Crippen LogP) is 5.58. The molecule has 0 saturated heterocycles. The van der Waals surface area contributed by atoms with E-state index < -0.39 is 18.5 Å². The van der Waals surface area contributed by atoms with Crippen LogP contribution in [-0.2, 0) is 0 Å². The van der Waals surface area contributed by atoms with Crippen molar-refractivity contribution in [3.63, 3.8) is 0 Å². The molecule has 0 saturated carbocycles. The topological polar surface area (TPSA) is 17.1 Å². The Bertz CT molecular complexity index is 750. The Kier molecular flexibility index (Phi) is 6.41. The zero-order chi connectivity index (χ0) is 18.3. The molecular weight excluding hydrogens is 325 g/mol. The van der Waals surface area contributed by atoms with Crippen molar-refractivity contribution in [1.29, 1.82) is 0 Å². The smallest absolute Gasteiger partial charge is 0.294 e. The minimum absolute atomic E-state index is 0.0489. The molecule has 1 atom stereocenters. The predicted molar refractivity (Wildman–Crippen MR) is 92.2 cm³/mol. The first kappa shape index (κ1) is 18.8. The number of carbonyl (C=O) groups is 1. The van der Waals surface area contributed by atoms with Gasteiger partial charge in [-0.05, 0) is 25.5 Å². The average molecular weight is 344 g/mol. The third kappa shape index (κ3) is 6.84. The maximum absolute atomic E-state index is 12.8. The second-order valence-corrected chi connectivity index (χ2v) is 5.98. The molecule has 0 aliphatic heterocycles. The Balaban J connectivity index is 2.04. The summed E-state index contributed by atoms with van der Waals surface area (Å²) in [5.74, 6) is 4.41. The van der Waals surface area contributed by atoms with Crippen LogP contribution in [0, 0.1) is 24.7 Å². The lowest BCUT2D eigenvalue weighted by atomic mass is 9.95. The molecule has 0 fully saturated rings. The number of alkyl halides is 3. The van der Waals surface area contributed by atoms with Gasteiger partial charge in [0.1, 0.15) is 0 Å². The second kappa shape index (κ2) is 8.53. The van der Waals surface area contributed by atoms with Crippen LogP contribution in [0.4, 0.5) is 13.2 Å². The molecule has 0 aromatic heterocycles. The first-order chi connectivity index (χ1) is 11.8. The Morgan fingerprint density at radius 1 is 1.04 bits per heavy atom. The van der Waals surface area contributed by atoms with Crippen LogP contribution in [0.5, 0.6) is 0 Å². The number of carbonyl (C=O) groups excluding carboxylic acids is 1. The molecule has 1 unspecified atom stereocenters.